The van der Waals surface area contributed by atoms with E-state index < -0.39 is 0 Å². The fraction of sp³-hybridized carbons (Fsp3) is 0.727. The Morgan fingerprint density at radius 2 is 2.21 bits per heavy atom. The molecular weight excluding hydrogens is 174 g/mol. The third-order valence-corrected chi connectivity index (χ3v) is 2.67. The van der Waals surface area contributed by atoms with Crippen LogP contribution in [0.15, 0.2) is 12.4 Å². The molecule has 2 N–H and O–H groups in total. The lowest BCUT2D eigenvalue weighted by molar-refractivity contribution is 0.458. The Kier molecular flexibility index (Phi) is 4.14. The van der Waals surface area contributed by atoms with Gasteiger partial charge in [-0.05, 0) is 19.3 Å². The van der Waals surface area contributed by atoms with Gasteiger partial charge >= 0.3 is 0 Å². The molecule has 0 aliphatic rings. The molecule has 1 aromatic heterocycles. The molecule has 0 saturated heterocycles. The van der Waals surface area contributed by atoms with Crippen molar-refractivity contribution in [1.82, 2.24) is 9.55 Å². The van der Waals surface area contributed by atoms with E-state index in [0.717, 1.165) is 25.2 Å². The Morgan fingerprint density at radius 3 is 2.79 bits per heavy atom. The van der Waals surface area contributed by atoms with E-state index in [1.807, 2.05) is 12.4 Å². The molecular formula is C11H21N3. The topological polar surface area (TPSA) is 43.8 Å². The van der Waals surface area contributed by atoms with Gasteiger partial charge in [-0.15, -0.1) is 0 Å². The minimum atomic E-state index is 0.238. The molecule has 3 nitrogen and oxygen atoms in total. The van der Waals surface area contributed by atoms with Gasteiger partial charge in [-0.3, -0.25) is 0 Å². The number of rotatable bonds is 5. The molecule has 14 heavy (non-hydrogen) atoms. The van der Waals surface area contributed by atoms with E-state index >= 15 is 0 Å². The number of nitrogens with zero attached hydrogens (tertiary/aromatic N) is 2. The van der Waals surface area contributed by atoms with Gasteiger partial charge in [-0.2, -0.15) is 0 Å². The van der Waals surface area contributed by atoms with Gasteiger partial charge in [0.2, 0.25) is 0 Å². The van der Waals surface area contributed by atoms with Crippen molar-refractivity contribution in [2.45, 2.75) is 46.2 Å². The SMILES string of the molecule is CCCn1ccnc1CC(C)C(C)N. The second-order valence-electron chi connectivity index (χ2n) is 4.08. The summed E-state index contributed by atoms with van der Waals surface area (Å²) < 4.78 is 2.22. The predicted octanol–water partition coefficient (Wildman–Crippen LogP) is 1.82. The van der Waals surface area contributed by atoms with E-state index in [1.165, 1.54) is 0 Å². The van der Waals surface area contributed by atoms with Crippen LogP contribution < -0.4 is 5.73 Å². The summed E-state index contributed by atoms with van der Waals surface area (Å²) in [6.07, 6.45) is 6.05. The van der Waals surface area contributed by atoms with Crippen LogP contribution in [-0.2, 0) is 13.0 Å². The molecule has 0 saturated carbocycles. The molecule has 1 rings (SSSR count). The minimum Gasteiger partial charge on any atom is -0.335 e. The van der Waals surface area contributed by atoms with Crippen LogP contribution in [0.4, 0.5) is 0 Å². The van der Waals surface area contributed by atoms with Gasteiger partial charge in [0.1, 0.15) is 5.82 Å². The molecule has 2 unspecified atom stereocenters. The van der Waals surface area contributed by atoms with Crippen molar-refractivity contribution in [1.29, 1.82) is 0 Å². The predicted molar refractivity (Wildman–Crippen MR) is 59.0 cm³/mol. The zero-order valence-electron chi connectivity index (χ0n) is 9.40. The first kappa shape index (κ1) is 11.2. The maximum atomic E-state index is 5.84. The summed E-state index contributed by atoms with van der Waals surface area (Å²) in [5.74, 6) is 1.66. The van der Waals surface area contributed by atoms with Gasteiger partial charge in [-0.1, -0.05) is 13.8 Å². The lowest BCUT2D eigenvalue weighted by Crippen LogP contribution is -2.26. The molecule has 0 aromatic carbocycles. The van der Waals surface area contributed by atoms with E-state index in [-0.39, 0.29) is 6.04 Å². The maximum Gasteiger partial charge on any atom is 0.108 e. The molecule has 0 fully saturated rings. The molecule has 0 amide bonds. The van der Waals surface area contributed by atoms with Crippen LogP contribution in [0.5, 0.6) is 0 Å². The zero-order valence-corrected chi connectivity index (χ0v) is 9.40. The number of hydrogen-bond acceptors (Lipinski definition) is 2. The number of nitrogens with two attached hydrogens (primary N) is 1. The van der Waals surface area contributed by atoms with Crippen molar-refractivity contribution < 1.29 is 0 Å². The highest BCUT2D eigenvalue weighted by Gasteiger charge is 2.11. The van der Waals surface area contributed by atoms with Gasteiger partial charge in [0.25, 0.3) is 0 Å². The Morgan fingerprint density at radius 1 is 1.50 bits per heavy atom. The van der Waals surface area contributed by atoms with E-state index in [1.54, 1.807) is 0 Å². The molecule has 1 heterocycles. The molecule has 80 valence electrons. The van der Waals surface area contributed by atoms with Crippen molar-refractivity contribution >= 4 is 0 Å². The minimum absolute atomic E-state index is 0.238. The molecule has 0 aliphatic heterocycles. The third-order valence-electron chi connectivity index (χ3n) is 2.67. The third kappa shape index (κ3) is 2.84. The Balaban J connectivity index is 2.61. The summed E-state index contributed by atoms with van der Waals surface area (Å²) in [5.41, 5.74) is 5.84. The summed E-state index contributed by atoms with van der Waals surface area (Å²) in [4.78, 5) is 4.36. The highest BCUT2D eigenvalue weighted by atomic mass is 15.1. The van der Waals surface area contributed by atoms with Crippen LogP contribution in [0.3, 0.4) is 0 Å². The van der Waals surface area contributed by atoms with Gasteiger partial charge in [-0.25, -0.2) is 4.98 Å². The monoisotopic (exact) mass is 195 g/mol. The normalized spacial score (nSPS) is 15.4. The number of aromatic nitrogens is 2. The van der Waals surface area contributed by atoms with E-state index in [4.69, 9.17) is 5.73 Å². The summed E-state index contributed by atoms with van der Waals surface area (Å²) in [6, 6.07) is 0.238. The average molecular weight is 195 g/mol. The lowest BCUT2D eigenvalue weighted by Gasteiger charge is -2.15. The molecule has 0 bridgehead atoms. The van der Waals surface area contributed by atoms with Crippen molar-refractivity contribution in [2.24, 2.45) is 11.7 Å². The first-order valence-corrected chi connectivity index (χ1v) is 5.40. The van der Waals surface area contributed by atoms with Crippen molar-refractivity contribution in [3.8, 4) is 0 Å². The Labute approximate surface area is 86.3 Å². The van der Waals surface area contributed by atoms with Crippen molar-refractivity contribution in [2.75, 3.05) is 0 Å². The van der Waals surface area contributed by atoms with E-state index in [2.05, 4.69) is 30.3 Å². The van der Waals surface area contributed by atoms with Crippen LogP contribution in [0.25, 0.3) is 0 Å². The highest BCUT2D eigenvalue weighted by Crippen LogP contribution is 2.09. The molecule has 2 atom stereocenters. The fourth-order valence-corrected chi connectivity index (χ4v) is 1.45. The largest absolute Gasteiger partial charge is 0.335 e. The lowest BCUT2D eigenvalue weighted by atomic mass is 10.0. The first-order valence-electron chi connectivity index (χ1n) is 5.40. The number of imidazole rings is 1. The smallest absolute Gasteiger partial charge is 0.108 e. The molecule has 0 radical (unpaired) electrons. The standard InChI is InChI=1S/C11H21N3/c1-4-6-14-7-5-13-11(14)8-9(2)10(3)12/h5,7,9-10H,4,6,8,12H2,1-3H3. The van der Waals surface area contributed by atoms with Crippen LogP contribution in [0, 0.1) is 5.92 Å². The zero-order chi connectivity index (χ0) is 10.6. The van der Waals surface area contributed by atoms with Crippen LogP contribution in [-0.4, -0.2) is 15.6 Å². The van der Waals surface area contributed by atoms with E-state index in [0.29, 0.717) is 5.92 Å². The quantitative estimate of drug-likeness (QED) is 0.779. The molecule has 1 aromatic rings. The molecule has 0 aliphatic carbocycles. The summed E-state index contributed by atoms with van der Waals surface area (Å²) >= 11 is 0. The summed E-state index contributed by atoms with van der Waals surface area (Å²) in [5, 5.41) is 0. The first-order chi connectivity index (χ1) is 6.65. The Bertz CT molecular complexity index is 265. The summed E-state index contributed by atoms with van der Waals surface area (Å²) in [6.45, 7) is 7.47. The van der Waals surface area contributed by atoms with Gasteiger partial charge in [0.15, 0.2) is 0 Å². The van der Waals surface area contributed by atoms with Gasteiger partial charge in [0.05, 0.1) is 0 Å². The number of hydrogen-bond donors (Lipinski definition) is 1. The van der Waals surface area contributed by atoms with Crippen LogP contribution >= 0.6 is 0 Å². The second kappa shape index (κ2) is 5.15. The summed E-state index contributed by atoms with van der Waals surface area (Å²) in [7, 11) is 0. The van der Waals surface area contributed by atoms with Crippen LogP contribution in [0.2, 0.25) is 0 Å². The van der Waals surface area contributed by atoms with Crippen molar-refractivity contribution in [3.63, 3.8) is 0 Å². The van der Waals surface area contributed by atoms with Gasteiger partial charge < -0.3 is 10.3 Å². The maximum absolute atomic E-state index is 5.84. The van der Waals surface area contributed by atoms with Crippen LogP contribution in [0.1, 0.15) is 33.0 Å². The number of aryl methyl sites for hydroxylation is 1. The second-order valence-corrected chi connectivity index (χ2v) is 4.08. The van der Waals surface area contributed by atoms with E-state index in [9.17, 15) is 0 Å². The molecule has 0 spiro atoms. The average Bonchev–Trinajstić information content (AvgIpc) is 2.53. The fourth-order valence-electron chi connectivity index (χ4n) is 1.45. The highest BCUT2D eigenvalue weighted by molar-refractivity contribution is 4.94. The van der Waals surface area contributed by atoms with Crippen molar-refractivity contribution in [3.05, 3.63) is 18.2 Å². The van der Waals surface area contributed by atoms with Gasteiger partial charge in [0, 0.05) is 31.4 Å². The molecule has 3 heteroatoms. The Hall–Kier alpha value is -0.830.